The van der Waals surface area contributed by atoms with Crippen molar-refractivity contribution in [1.29, 1.82) is 0 Å². The number of likely N-dealkylation sites (N-methyl/N-ethyl adjacent to an activating group) is 1. The summed E-state index contributed by atoms with van der Waals surface area (Å²) in [5, 5.41) is 12.7. The van der Waals surface area contributed by atoms with Crippen LogP contribution in [0.25, 0.3) is 0 Å². The minimum Gasteiger partial charge on any atom is -0.389 e. The van der Waals surface area contributed by atoms with Gasteiger partial charge in [-0.3, -0.25) is 0 Å². The van der Waals surface area contributed by atoms with E-state index in [4.69, 9.17) is 0 Å². The summed E-state index contributed by atoms with van der Waals surface area (Å²) in [7, 11) is 0. The van der Waals surface area contributed by atoms with Gasteiger partial charge in [-0.05, 0) is 57.9 Å². The van der Waals surface area contributed by atoms with E-state index in [0.717, 1.165) is 11.3 Å². The number of aliphatic hydroxyl groups is 1. The molecule has 0 saturated carbocycles. The Kier molecular flexibility index (Phi) is 4.95. The van der Waals surface area contributed by atoms with Gasteiger partial charge >= 0.3 is 6.03 Å². The number of carbonyl (C=O) groups excluding carboxylic acids is 1. The topological polar surface area (TPSA) is 52.6 Å². The van der Waals surface area contributed by atoms with Crippen molar-refractivity contribution in [2.24, 2.45) is 0 Å². The maximum atomic E-state index is 12.1. The zero-order valence-corrected chi connectivity index (χ0v) is 12.4. The number of benzene rings is 1. The van der Waals surface area contributed by atoms with Gasteiger partial charge < -0.3 is 15.3 Å². The molecule has 4 heteroatoms. The summed E-state index contributed by atoms with van der Waals surface area (Å²) in [6.45, 7) is 10.2. The monoisotopic (exact) mass is 264 g/mol. The minimum absolute atomic E-state index is 0.187. The van der Waals surface area contributed by atoms with Crippen molar-refractivity contribution in [3.8, 4) is 0 Å². The highest BCUT2D eigenvalue weighted by Crippen LogP contribution is 2.15. The molecule has 0 bridgehead atoms. The Bertz CT molecular complexity index is 450. The maximum Gasteiger partial charge on any atom is 0.321 e. The quantitative estimate of drug-likeness (QED) is 0.878. The molecular formula is C15H24N2O2. The summed E-state index contributed by atoms with van der Waals surface area (Å²) >= 11 is 0. The smallest absolute Gasteiger partial charge is 0.321 e. The number of urea groups is 1. The molecule has 2 amide bonds. The van der Waals surface area contributed by atoms with Gasteiger partial charge in [0, 0.05) is 12.2 Å². The van der Waals surface area contributed by atoms with E-state index in [1.165, 1.54) is 5.56 Å². The first-order chi connectivity index (χ1) is 8.73. The van der Waals surface area contributed by atoms with Gasteiger partial charge in [0.2, 0.25) is 0 Å². The average Bonchev–Trinajstić information content (AvgIpc) is 2.29. The second-order valence-electron chi connectivity index (χ2n) is 5.56. The van der Waals surface area contributed by atoms with Crippen LogP contribution in [0, 0.1) is 13.8 Å². The molecule has 106 valence electrons. The SMILES string of the molecule is CCN(CC(C)(C)O)C(=O)Nc1ccc(C)c(C)c1. The molecule has 0 heterocycles. The molecule has 19 heavy (non-hydrogen) atoms. The second kappa shape index (κ2) is 6.06. The molecule has 0 radical (unpaired) electrons. The van der Waals surface area contributed by atoms with Gasteiger partial charge in [-0.2, -0.15) is 0 Å². The molecule has 0 aliphatic heterocycles. The number of nitrogens with zero attached hydrogens (tertiary/aromatic N) is 1. The van der Waals surface area contributed by atoms with Crippen molar-refractivity contribution >= 4 is 11.7 Å². The van der Waals surface area contributed by atoms with E-state index in [9.17, 15) is 9.90 Å². The Balaban J connectivity index is 2.74. The number of rotatable bonds is 4. The molecule has 2 N–H and O–H groups in total. The minimum atomic E-state index is -0.892. The van der Waals surface area contributed by atoms with E-state index < -0.39 is 5.60 Å². The summed E-state index contributed by atoms with van der Waals surface area (Å²) in [5.74, 6) is 0. The first-order valence-corrected chi connectivity index (χ1v) is 6.58. The maximum absolute atomic E-state index is 12.1. The van der Waals surface area contributed by atoms with Crippen molar-refractivity contribution in [3.05, 3.63) is 29.3 Å². The first kappa shape index (κ1) is 15.5. The molecule has 0 spiro atoms. The lowest BCUT2D eigenvalue weighted by Crippen LogP contribution is -2.44. The van der Waals surface area contributed by atoms with E-state index in [0.29, 0.717) is 13.1 Å². The molecule has 1 rings (SSSR count). The number of anilines is 1. The van der Waals surface area contributed by atoms with Gasteiger partial charge in [0.25, 0.3) is 0 Å². The molecule has 1 aromatic rings. The normalized spacial score (nSPS) is 11.3. The molecule has 4 nitrogen and oxygen atoms in total. The van der Waals surface area contributed by atoms with Crippen LogP contribution < -0.4 is 5.32 Å². The first-order valence-electron chi connectivity index (χ1n) is 6.58. The Morgan fingerprint density at radius 3 is 2.42 bits per heavy atom. The van der Waals surface area contributed by atoms with Gasteiger partial charge in [0.05, 0.1) is 12.1 Å². The fraction of sp³-hybridized carbons (Fsp3) is 0.533. The molecular weight excluding hydrogens is 240 g/mol. The Labute approximate surface area is 115 Å². The standard InChI is InChI=1S/C15H24N2O2/c1-6-17(10-15(4,5)19)14(18)16-13-8-7-11(2)12(3)9-13/h7-9,19H,6,10H2,1-5H3,(H,16,18). The third-order valence-electron chi connectivity index (χ3n) is 3.00. The molecule has 0 unspecified atom stereocenters. The van der Waals surface area contributed by atoms with E-state index >= 15 is 0 Å². The van der Waals surface area contributed by atoms with Crippen LogP contribution in [0.4, 0.5) is 10.5 Å². The van der Waals surface area contributed by atoms with Crippen LogP contribution in [0.2, 0.25) is 0 Å². The summed E-state index contributed by atoms with van der Waals surface area (Å²) in [4.78, 5) is 13.7. The average molecular weight is 264 g/mol. The third kappa shape index (κ3) is 4.91. The highest BCUT2D eigenvalue weighted by atomic mass is 16.3. The lowest BCUT2D eigenvalue weighted by atomic mass is 10.1. The van der Waals surface area contributed by atoms with Crippen molar-refractivity contribution < 1.29 is 9.90 Å². The molecule has 0 fully saturated rings. The third-order valence-corrected chi connectivity index (χ3v) is 3.00. The predicted molar refractivity (Wildman–Crippen MR) is 78.5 cm³/mol. The van der Waals surface area contributed by atoms with E-state index in [1.807, 2.05) is 39.0 Å². The van der Waals surface area contributed by atoms with Gasteiger partial charge in [-0.25, -0.2) is 4.79 Å². The van der Waals surface area contributed by atoms with Crippen molar-refractivity contribution in [2.75, 3.05) is 18.4 Å². The van der Waals surface area contributed by atoms with Gasteiger partial charge in [-0.1, -0.05) is 6.07 Å². The molecule has 0 aromatic heterocycles. The van der Waals surface area contributed by atoms with Gasteiger partial charge in [-0.15, -0.1) is 0 Å². The predicted octanol–water partition coefficient (Wildman–Crippen LogP) is 2.93. The molecule has 0 aliphatic carbocycles. The lowest BCUT2D eigenvalue weighted by Gasteiger charge is -2.28. The molecule has 0 saturated heterocycles. The van der Waals surface area contributed by atoms with Crippen LogP contribution in [0.3, 0.4) is 0 Å². The fourth-order valence-corrected chi connectivity index (χ4v) is 1.82. The van der Waals surface area contributed by atoms with Crippen molar-refractivity contribution in [3.63, 3.8) is 0 Å². The van der Waals surface area contributed by atoms with E-state index in [-0.39, 0.29) is 6.03 Å². The summed E-state index contributed by atoms with van der Waals surface area (Å²) in [6.07, 6.45) is 0. The van der Waals surface area contributed by atoms with Crippen LogP contribution >= 0.6 is 0 Å². The van der Waals surface area contributed by atoms with Crippen LogP contribution in [0.5, 0.6) is 0 Å². The highest BCUT2D eigenvalue weighted by Gasteiger charge is 2.21. The van der Waals surface area contributed by atoms with Crippen molar-refractivity contribution in [1.82, 2.24) is 4.90 Å². The summed E-state index contributed by atoms with van der Waals surface area (Å²) < 4.78 is 0. The van der Waals surface area contributed by atoms with Crippen molar-refractivity contribution in [2.45, 2.75) is 40.2 Å². The second-order valence-corrected chi connectivity index (χ2v) is 5.56. The zero-order chi connectivity index (χ0) is 14.6. The van der Waals surface area contributed by atoms with E-state index in [1.54, 1.807) is 18.7 Å². The number of nitrogens with one attached hydrogen (secondary N) is 1. The number of amides is 2. The van der Waals surface area contributed by atoms with Crippen LogP contribution in [-0.4, -0.2) is 34.7 Å². The zero-order valence-electron chi connectivity index (χ0n) is 12.4. The van der Waals surface area contributed by atoms with Crippen LogP contribution in [-0.2, 0) is 0 Å². The molecule has 1 aromatic carbocycles. The lowest BCUT2D eigenvalue weighted by molar-refractivity contribution is 0.0501. The summed E-state index contributed by atoms with van der Waals surface area (Å²) in [6, 6.07) is 5.63. The number of carbonyl (C=O) groups is 1. The van der Waals surface area contributed by atoms with E-state index in [2.05, 4.69) is 5.32 Å². The number of hydrogen-bond acceptors (Lipinski definition) is 2. The fourth-order valence-electron chi connectivity index (χ4n) is 1.82. The Hall–Kier alpha value is -1.55. The van der Waals surface area contributed by atoms with Crippen LogP contribution in [0.1, 0.15) is 31.9 Å². The number of aryl methyl sites for hydroxylation is 2. The summed E-state index contributed by atoms with van der Waals surface area (Å²) in [5.41, 5.74) is 2.23. The Morgan fingerprint density at radius 1 is 1.32 bits per heavy atom. The highest BCUT2D eigenvalue weighted by molar-refractivity contribution is 5.89. The number of hydrogen-bond donors (Lipinski definition) is 2. The Morgan fingerprint density at radius 2 is 1.95 bits per heavy atom. The molecule has 0 atom stereocenters. The molecule has 0 aliphatic rings. The largest absolute Gasteiger partial charge is 0.389 e. The van der Waals surface area contributed by atoms with Crippen LogP contribution in [0.15, 0.2) is 18.2 Å². The van der Waals surface area contributed by atoms with Gasteiger partial charge in [0.1, 0.15) is 0 Å². The van der Waals surface area contributed by atoms with Gasteiger partial charge in [0.15, 0.2) is 0 Å².